The van der Waals surface area contributed by atoms with Crippen molar-refractivity contribution in [3.05, 3.63) is 52.1 Å². The summed E-state index contributed by atoms with van der Waals surface area (Å²) < 4.78 is 39.8. The summed E-state index contributed by atoms with van der Waals surface area (Å²) in [6.07, 6.45) is 0. The van der Waals surface area contributed by atoms with E-state index in [0.29, 0.717) is 0 Å². The maximum absolute atomic E-state index is 12.4. The molecule has 11 heteroatoms. The number of benzene rings is 2. The van der Waals surface area contributed by atoms with Crippen molar-refractivity contribution in [3.63, 3.8) is 0 Å². The van der Waals surface area contributed by atoms with Crippen molar-refractivity contribution >= 4 is 21.8 Å². The van der Waals surface area contributed by atoms with Crippen LogP contribution in [0, 0.1) is 10.1 Å². The van der Waals surface area contributed by atoms with Gasteiger partial charge in [0.1, 0.15) is 4.90 Å². The van der Waals surface area contributed by atoms with Crippen molar-refractivity contribution in [2.24, 2.45) is 0 Å². The van der Waals surface area contributed by atoms with Crippen molar-refractivity contribution in [1.29, 1.82) is 0 Å². The minimum absolute atomic E-state index is 0.0405. The van der Waals surface area contributed by atoms with Gasteiger partial charge in [-0.05, 0) is 18.2 Å². The number of aromatic carboxylic acids is 1. The van der Waals surface area contributed by atoms with Crippen molar-refractivity contribution in [2.45, 2.75) is 4.90 Å². The number of rotatable bonds is 7. The lowest BCUT2D eigenvalue weighted by Gasteiger charge is -2.14. The number of methoxy groups -OCH3 is 2. The molecule has 0 bridgehead atoms. The number of nitro groups is 1. The van der Waals surface area contributed by atoms with Crippen LogP contribution in [0.5, 0.6) is 17.2 Å². The molecule has 0 fully saturated rings. The van der Waals surface area contributed by atoms with E-state index in [1.807, 2.05) is 0 Å². The van der Waals surface area contributed by atoms with Crippen molar-refractivity contribution in [1.82, 2.24) is 0 Å². The second kappa shape index (κ2) is 7.27. The standard InChI is InChI=1S/C15H13NO9S/c1-23-12-7-9(15(17)18)8-13(14(12)24-2)25-26(21,22)11-5-3-10(4-6-11)16(19)20/h3-8H,1-2H3,(H,17,18). The van der Waals surface area contributed by atoms with Gasteiger partial charge in [0.2, 0.25) is 5.75 Å². The highest BCUT2D eigenvalue weighted by molar-refractivity contribution is 7.87. The van der Waals surface area contributed by atoms with Crippen molar-refractivity contribution in [2.75, 3.05) is 14.2 Å². The maximum Gasteiger partial charge on any atom is 0.339 e. The van der Waals surface area contributed by atoms with E-state index < -0.39 is 26.8 Å². The van der Waals surface area contributed by atoms with E-state index >= 15 is 0 Å². The number of ether oxygens (including phenoxy) is 2. The van der Waals surface area contributed by atoms with Gasteiger partial charge in [0, 0.05) is 18.2 Å². The van der Waals surface area contributed by atoms with Crippen LogP contribution in [0.3, 0.4) is 0 Å². The first-order chi connectivity index (χ1) is 12.2. The van der Waals surface area contributed by atoms with Gasteiger partial charge in [-0.1, -0.05) is 0 Å². The van der Waals surface area contributed by atoms with E-state index in [0.717, 1.165) is 36.4 Å². The van der Waals surface area contributed by atoms with E-state index in [1.165, 1.54) is 14.2 Å². The minimum atomic E-state index is -4.41. The average molecular weight is 383 g/mol. The SMILES string of the molecule is COc1cc(C(=O)O)cc(OS(=O)(=O)c2ccc([N+](=O)[O-])cc2)c1OC. The van der Waals surface area contributed by atoms with Gasteiger partial charge in [-0.3, -0.25) is 10.1 Å². The number of hydrogen-bond acceptors (Lipinski definition) is 8. The number of carbonyl (C=O) groups is 1. The van der Waals surface area contributed by atoms with Crippen LogP contribution in [0.15, 0.2) is 41.3 Å². The van der Waals surface area contributed by atoms with Crippen LogP contribution in [-0.4, -0.2) is 38.6 Å². The lowest BCUT2D eigenvalue weighted by molar-refractivity contribution is -0.384. The van der Waals surface area contributed by atoms with Gasteiger partial charge in [-0.2, -0.15) is 8.42 Å². The monoisotopic (exact) mass is 383 g/mol. The van der Waals surface area contributed by atoms with Crippen molar-refractivity contribution in [3.8, 4) is 17.2 Å². The summed E-state index contributed by atoms with van der Waals surface area (Å²) >= 11 is 0. The van der Waals surface area contributed by atoms with Crippen LogP contribution in [0.4, 0.5) is 5.69 Å². The fourth-order valence-electron chi connectivity index (χ4n) is 2.02. The Morgan fingerprint density at radius 3 is 2.12 bits per heavy atom. The number of nitrogens with zero attached hydrogens (tertiary/aromatic N) is 1. The second-order valence-corrected chi connectivity index (χ2v) is 6.35. The highest BCUT2D eigenvalue weighted by Gasteiger charge is 2.24. The van der Waals surface area contributed by atoms with E-state index in [9.17, 15) is 23.3 Å². The molecule has 0 spiro atoms. The molecule has 0 heterocycles. The summed E-state index contributed by atoms with van der Waals surface area (Å²) in [5.74, 6) is -1.89. The van der Waals surface area contributed by atoms with Crippen LogP contribution >= 0.6 is 0 Å². The number of nitro benzene ring substituents is 1. The first-order valence-electron chi connectivity index (χ1n) is 6.88. The molecule has 0 unspecified atom stereocenters. The molecule has 0 saturated carbocycles. The highest BCUT2D eigenvalue weighted by Crippen LogP contribution is 2.39. The third kappa shape index (κ3) is 3.83. The molecule has 0 aliphatic heterocycles. The quantitative estimate of drug-likeness (QED) is 0.432. The molecule has 2 aromatic rings. The molecule has 0 saturated heterocycles. The van der Waals surface area contributed by atoms with Gasteiger partial charge in [-0.25, -0.2) is 4.79 Å². The second-order valence-electron chi connectivity index (χ2n) is 4.80. The highest BCUT2D eigenvalue weighted by atomic mass is 32.2. The fraction of sp³-hybridized carbons (Fsp3) is 0.133. The molecule has 2 aromatic carbocycles. The first-order valence-corrected chi connectivity index (χ1v) is 8.28. The Morgan fingerprint density at radius 2 is 1.65 bits per heavy atom. The van der Waals surface area contributed by atoms with E-state index in [-0.39, 0.29) is 27.6 Å². The number of hydrogen-bond donors (Lipinski definition) is 1. The largest absolute Gasteiger partial charge is 0.493 e. The van der Waals surface area contributed by atoms with Crippen LogP contribution in [0.1, 0.15) is 10.4 Å². The fourth-order valence-corrected chi connectivity index (χ4v) is 2.94. The molecular weight excluding hydrogens is 370 g/mol. The van der Waals surface area contributed by atoms with Crippen LogP contribution < -0.4 is 13.7 Å². The first kappa shape index (κ1) is 19.0. The van der Waals surface area contributed by atoms with Gasteiger partial charge < -0.3 is 18.8 Å². The molecule has 0 aliphatic rings. The molecule has 0 aliphatic carbocycles. The van der Waals surface area contributed by atoms with Gasteiger partial charge >= 0.3 is 16.1 Å². The number of carboxylic acids is 1. The lowest BCUT2D eigenvalue weighted by Crippen LogP contribution is -2.11. The summed E-state index contributed by atoms with van der Waals surface area (Å²) in [5.41, 5.74) is -0.576. The zero-order valence-corrected chi connectivity index (χ0v) is 14.3. The smallest absolute Gasteiger partial charge is 0.339 e. The normalized spacial score (nSPS) is 10.8. The molecule has 0 aromatic heterocycles. The molecule has 138 valence electrons. The predicted octanol–water partition coefficient (Wildman–Crippen LogP) is 2.08. The summed E-state index contributed by atoms with van der Waals surface area (Å²) in [4.78, 5) is 20.8. The van der Waals surface area contributed by atoms with Crippen LogP contribution in [0.2, 0.25) is 0 Å². The summed E-state index contributed by atoms with van der Waals surface area (Å²) in [6.45, 7) is 0. The molecule has 0 amide bonds. The third-order valence-electron chi connectivity index (χ3n) is 3.23. The molecule has 26 heavy (non-hydrogen) atoms. The lowest BCUT2D eigenvalue weighted by atomic mass is 10.2. The number of non-ortho nitro benzene ring substituents is 1. The Balaban J connectivity index is 2.49. The average Bonchev–Trinajstić information content (AvgIpc) is 2.60. The topological polar surface area (TPSA) is 142 Å². The number of carboxylic acid groups (broad SMARTS) is 1. The Bertz CT molecular complexity index is 952. The zero-order valence-electron chi connectivity index (χ0n) is 13.5. The molecule has 1 N–H and O–H groups in total. The minimum Gasteiger partial charge on any atom is -0.493 e. The predicted molar refractivity (Wildman–Crippen MR) is 87.4 cm³/mol. The van der Waals surface area contributed by atoms with E-state index in [4.69, 9.17) is 18.8 Å². The molecule has 2 rings (SSSR count). The zero-order chi connectivity index (χ0) is 19.5. The third-order valence-corrected chi connectivity index (χ3v) is 4.48. The summed E-state index contributed by atoms with van der Waals surface area (Å²) in [6, 6.07) is 6.11. The van der Waals surface area contributed by atoms with Gasteiger partial charge in [0.25, 0.3) is 5.69 Å². The van der Waals surface area contributed by atoms with E-state index in [2.05, 4.69) is 0 Å². The maximum atomic E-state index is 12.4. The van der Waals surface area contributed by atoms with Crippen molar-refractivity contribution < 1.29 is 36.9 Å². The van der Waals surface area contributed by atoms with E-state index in [1.54, 1.807) is 0 Å². The van der Waals surface area contributed by atoms with Crippen LogP contribution in [0.25, 0.3) is 0 Å². The van der Waals surface area contributed by atoms with Gasteiger partial charge in [-0.15, -0.1) is 0 Å². The molecule has 10 nitrogen and oxygen atoms in total. The summed E-state index contributed by atoms with van der Waals surface area (Å²) in [7, 11) is -1.93. The summed E-state index contributed by atoms with van der Waals surface area (Å²) in [5, 5.41) is 19.8. The Hall–Kier alpha value is -3.34. The Labute approximate surface area is 147 Å². The molecular formula is C15H13NO9S. The molecule has 0 radical (unpaired) electrons. The molecule has 0 atom stereocenters. The Morgan fingerprint density at radius 1 is 1.08 bits per heavy atom. The Kier molecular flexibility index (Phi) is 5.31. The van der Waals surface area contributed by atoms with Gasteiger partial charge in [0.05, 0.1) is 24.7 Å². The van der Waals surface area contributed by atoms with Gasteiger partial charge in [0.15, 0.2) is 11.5 Å². The van der Waals surface area contributed by atoms with Crippen LogP contribution in [-0.2, 0) is 10.1 Å².